The van der Waals surface area contributed by atoms with Crippen molar-refractivity contribution in [2.24, 2.45) is 5.73 Å². The molecular formula is C27H23N7O4. The van der Waals surface area contributed by atoms with Gasteiger partial charge in [-0.1, -0.05) is 42.5 Å². The number of nitrogen functional groups attached to an aromatic ring is 1. The fourth-order valence-corrected chi connectivity index (χ4v) is 4.25. The van der Waals surface area contributed by atoms with E-state index in [2.05, 4.69) is 15.5 Å². The molecule has 0 spiro atoms. The van der Waals surface area contributed by atoms with Gasteiger partial charge in [0.1, 0.15) is 5.84 Å². The zero-order valence-corrected chi connectivity index (χ0v) is 20.1. The molecule has 0 atom stereocenters. The van der Waals surface area contributed by atoms with E-state index in [1.54, 1.807) is 47.0 Å². The first-order valence-electron chi connectivity index (χ1n) is 11.7. The lowest BCUT2D eigenvalue weighted by Crippen LogP contribution is -2.32. The molecule has 190 valence electrons. The van der Waals surface area contributed by atoms with E-state index in [1.807, 2.05) is 30.3 Å². The van der Waals surface area contributed by atoms with Gasteiger partial charge < -0.3 is 21.1 Å². The molecule has 5 rings (SSSR count). The van der Waals surface area contributed by atoms with E-state index in [-0.39, 0.29) is 36.8 Å². The number of hydrogen-bond donors (Lipinski definition) is 4. The summed E-state index contributed by atoms with van der Waals surface area (Å²) in [7, 11) is 0. The van der Waals surface area contributed by atoms with E-state index >= 15 is 0 Å². The molecule has 1 aliphatic heterocycles. The Bertz CT molecular complexity index is 1560. The molecule has 3 aromatic carbocycles. The number of aliphatic carboxylic acids is 1. The lowest BCUT2D eigenvalue weighted by atomic mass is 10.1. The molecular weight excluding hydrogens is 486 g/mol. The van der Waals surface area contributed by atoms with Gasteiger partial charge in [0, 0.05) is 28.9 Å². The van der Waals surface area contributed by atoms with E-state index in [0.29, 0.717) is 34.2 Å². The van der Waals surface area contributed by atoms with Crippen molar-refractivity contribution in [3.05, 3.63) is 95.3 Å². The van der Waals surface area contributed by atoms with Crippen molar-refractivity contribution in [2.75, 3.05) is 11.9 Å². The van der Waals surface area contributed by atoms with Crippen LogP contribution in [-0.4, -0.2) is 54.9 Å². The van der Waals surface area contributed by atoms with Crippen LogP contribution in [0.4, 0.5) is 5.69 Å². The van der Waals surface area contributed by atoms with E-state index in [0.717, 1.165) is 5.56 Å². The largest absolute Gasteiger partial charge is 0.481 e. The highest BCUT2D eigenvalue weighted by atomic mass is 16.4. The number of rotatable bonds is 7. The van der Waals surface area contributed by atoms with Crippen LogP contribution in [-0.2, 0) is 11.3 Å². The standard InChI is InChI=1S/C27H23N7O4/c28-24(29)16-6-8-18(9-7-16)26(37)30-19-10-11-21-20(14-19)27(38)33(13-12-23(35)36)15-22-31-32-25(34(21)22)17-4-2-1-3-5-17/h1-11,14H,12-13,15H2,(H3,28,29)(H,30,37)(H,35,36). The number of anilines is 1. The number of amides is 2. The third-order valence-electron chi connectivity index (χ3n) is 6.16. The van der Waals surface area contributed by atoms with Crippen LogP contribution in [0.25, 0.3) is 17.1 Å². The molecule has 0 saturated heterocycles. The Balaban J connectivity index is 1.54. The van der Waals surface area contributed by atoms with Crippen molar-refractivity contribution in [2.45, 2.75) is 13.0 Å². The van der Waals surface area contributed by atoms with E-state index in [1.165, 1.54) is 4.90 Å². The van der Waals surface area contributed by atoms with E-state index < -0.39 is 11.9 Å². The third kappa shape index (κ3) is 4.72. The fraction of sp³-hybridized carbons (Fsp3) is 0.111. The van der Waals surface area contributed by atoms with Crippen LogP contribution >= 0.6 is 0 Å². The van der Waals surface area contributed by atoms with Crippen molar-refractivity contribution in [1.82, 2.24) is 19.7 Å². The molecule has 5 N–H and O–H groups in total. The maximum atomic E-state index is 13.6. The van der Waals surface area contributed by atoms with Crippen LogP contribution in [0.3, 0.4) is 0 Å². The van der Waals surface area contributed by atoms with Crippen LogP contribution < -0.4 is 11.1 Å². The van der Waals surface area contributed by atoms with Gasteiger partial charge in [0.15, 0.2) is 11.6 Å². The number of amidine groups is 1. The maximum absolute atomic E-state index is 13.6. The van der Waals surface area contributed by atoms with Crippen LogP contribution in [0.5, 0.6) is 0 Å². The zero-order valence-electron chi connectivity index (χ0n) is 20.1. The molecule has 0 bridgehead atoms. The first-order chi connectivity index (χ1) is 18.3. The Hall–Kier alpha value is -5.32. The molecule has 1 aromatic heterocycles. The van der Waals surface area contributed by atoms with Gasteiger partial charge in [0.2, 0.25) is 0 Å². The molecule has 2 heterocycles. The quantitative estimate of drug-likeness (QED) is 0.219. The summed E-state index contributed by atoms with van der Waals surface area (Å²) in [4.78, 5) is 39.1. The first-order valence-corrected chi connectivity index (χ1v) is 11.7. The number of carbonyl (C=O) groups is 3. The van der Waals surface area contributed by atoms with Crippen LogP contribution in [0.15, 0.2) is 72.8 Å². The monoisotopic (exact) mass is 509 g/mol. The number of nitrogens with two attached hydrogens (primary N) is 1. The van der Waals surface area contributed by atoms with Crippen molar-refractivity contribution in [3.63, 3.8) is 0 Å². The summed E-state index contributed by atoms with van der Waals surface area (Å²) in [5, 5.41) is 28.2. The topological polar surface area (TPSA) is 167 Å². The molecule has 0 aliphatic carbocycles. The van der Waals surface area contributed by atoms with Crippen molar-refractivity contribution in [3.8, 4) is 17.1 Å². The van der Waals surface area contributed by atoms with Gasteiger partial charge >= 0.3 is 5.97 Å². The minimum atomic E-state index is -1.02. The average molecular weight is 510 g/mol. The molecule has 0 saturated carbocycles. The predicted octanol–water partition coefficient (Wildman–Crippen LogP) is 2.90. The van der Waals surface area contributed by atoms with Crippen LogP contribution in [0.2, 0.25) is 0 Å². The lowest BCUT2D eigenvalue weighted by Gasteiger charge is -2.19. The number of fused-ring (bicyclic) bond motifs is 3. The molecule has 0 fully saturated rings. The number of benzene rings is 3. The minimum absolute atomic E-state index is 0.0137. The highest BCUT2D eigenvalue weighted by Gasteiger charge is 2.30. The molecule has 11 heteroatoms. The van der Waals surface area contributed by atoms with Gasteiger partial charge in [0.05, 0.1) is 24.2 Å². The zero-order chi connectivity index (χ0) is 26.8. The van der Waals surface area contributed by atoms with Gasteiger partial charge in [-0.2, -0.15) is 0 Å². The van der Waals surface area contributed by atoms with E-state index in [4.69, 9.17) is 11.1 Å². The number of nitrogens with zero attached hydrogens (tertiary/aromatic N) is 4. The van der Waals surface area contributed by atoms with Crippen LogP contribution in [0.1, 0.15) is 38.5 Å². The lowest BCUT2D eigenvalue weighted by molar-refractivity contribution is -0.137. The maximum Gasteiger partial charge on any atom is 0.305 e. The number of carboxylic acids is 1. The number of hydrogen-bond acceptors (Lipinski definition) is 6. The van der Waals surface area contributed by atoms with Gasteiger partial charge in [0.25, 0.3) is 11.8 Å². The molecule has 4 aromatic rings. The Morgan fingerprint density at radius 2 is 1.71 bits per heavy atom. The summed E-state index contributed by atoms with van der Waals surface area (Å²) in [6, 6.07) is 20.6. The summed E-state index contributed by atoms with van der Waals surface area (Å²) in [5.74, 6) is -0.880. The average Bonchev–Trinajstić information content (AvgIpc) is 3.29. The summed E-state index contributed by atoms with van der Waals surface area (Å²) < 4.78 is 1.79. The van der Waals surface area contributed by atoms with Crippen molar-refractivity contribution in [1.29, 1.82) is 5.41 Å². The Labute approximate surface area is 217 Å². The summed E-state index contributed by atoms with van der Waals surface area (Å²) >= 11 is 0. The molecule has 11 nitrogen and oxygen atoms in total. The molecule has 0 unspecified atom stereocenters. The predicted molar refractivity (Wildman–Crippen MR) is 139 cm³/mol. The number of carboxylic acid groups (broad SMARTS) is 1. The van der Waals surface area contributed by atoms with Crippen molar-refractivity contribution < 1.29 is 19.5 Å². The second-order valence-corrected chi connectivity index (χ2v) is 8.69. The molecule has 1 aliphatic rings. The molecule has 0 radical (unpaired) electrons. The van der Waals surface area contributed by atoms with Crippen LogP contribution in [0, 0.1) is 5.41 Å². The van der Waals surface area contributed by atoms with Gasteiger partial charge in [-0.3, -0.25) is 24.4 Å². The number of aromatic nitrogens is 3. The second-order valence-electron chi connectivity index (χ2n) is 8.69. The summed E-state index contributed by atoms with van der Waals surface area (Å²) in [5.41, 5.74) is 8.31. The van der Waals surface area contributed by atoms with Crippen molar-refractivity contribution >= 4 is 29.3 Å². The second kappa shape index (κ2) is 9.97. The van der Waals surface area contributed by atoms with Gasteiger partial charge in [-0.15, -0.1) is 10.2 Å². The highest BCUT2D eigenvalue weighted by Crippen LogP contribution is 2.31. The van der Waals surface area contributed by atoms with Gasteiger partial charge in [-0.25, -0.2) is 0 Å². The molecule has 2 amide bonds. The Morgan fingerprint density at radius 3 is 2.39 bits per heavy atom. The fourth-order valence-electron chi connectivity index (χ4n) is 4.25. The Morgan fingerprint density at radius 1 is 1.00 bits per heavy atom. The smallest absolute Gasteiger partial charge is 0.305 e. The van der Waals surface area contributed by atoms with Gasteiger partial charge in [-0.05, 0) is 30.3 Å². The van der Waals surface area contributed by atoms with E-state index in [9.17, 15) is 19.5 Å². The summed E-state index contributed by atoms with van der Waals surface area (Å²) in [6.45, 7) is 0.0606. The minimum Gasteiger partial charge on any atom is -0.481 e. The normalized spacial score (nSPS) is 12.3. The SMILES string of the molecule is N=C(N)c1ccc(C(=O)Nc2ccc3c(c2)C(=O)N(CCC(=O)O)Cc2nnc(-c4ccccc4)n2-3)cc1. The Kier molecular flexibility index (Phi) is 6.40. The summed E-state index contributed by atoms with van der Waals surface area (Å²) in [6.07, 6.45) is -0.229. The third-order valence-corrected chi connectivity index (χ3v) is 6.16. The number of carbonyl (C=O) groups excluding carboxylic acids is 2. The number of nitrogens with one attached hydrogen (secondary N) is 2. The highest BCUT2D eigenvalue weighted by molar-refractivity contribution is 6.06. The molecule has 38 heavy (non-hydrogen) atoms. The first kappa shape index (κ1) is 24.4.